The number of carbonyl (C=O) groups is 4. The number of rotatable bonds is 9. The fourth-order valence-electron chi connectivity index (χ4n) is 3.68. The van der Waals surface area contributed by atoms with E-state index in [9.17, 15) is 19.2 Å². The minimum atomic E-state index is -0.900. The van der Waals surface area contributed by atoms with E-state index < -0.39 is 35.8 Å². The van der Waals surface area contributed by atoms with Crippen LogP contribution in [-0.4, -0.2) is 45.9 Å². The number of nitrogens with zero attached hydrogens (tertiary/aromatic N) is 2. The third-order valence-corrected chi connectivity index (χ3v) is 6.27. The van der Waals surface area contributed by atoms with Gasteiger partial charge in [0.05, 0.1) is 5.69 Å². The molecule has 3 N–H and O–H groups in total. The molecule has 34 heavy (non-hydrogen) atoms. The molecular formula is C23H24BrClN4O5. The molecule has 1 fully saturated rings. The molecule has 2 aromatic rings. The third-order valence-electron chi connectivity index (χ3n) is 5.48. The molecule has 5 amide bonds. The lowest BCUT2D eigenvalue weighted by Crippen LogP contribution is -2.46. The average Bonchev–Trinajstić information content (AvgIpc) is 3.06. The second-order valence-corrected chi connectivity index (χ2v) is 9.10. The van der Waals surface area contributed by atoms with Crippen LogP contribution in [-0.2, 0) is 20.9 Å². The Kier molecular flexibility index (Phi) is 8.65. The number of hydrogen-bond acceptors (Lipinski definition) is 5. The molecule has 0 aliphatic carbocycles. The molecule has 2 aromatic carbocycles. The van der Waals surface area contributed by atoms with Crippen molar-refractivity contribution in [3.8, 4) is 0 Å². The summed E-state index contributed by atoms with van der Waals surface area (Å²) in [6.07, 6.45) is 0.247. The van der Waals surface area contributed by atoms with Gasteiger partial charge in [0.1, 0.15) is 12.1 Å². The van der Waals surface area contributed by atoms with Crippen LogP contribution in [0.25, 0.3) is 0 Å². The van der Waals surface area contributed by atoms with Crippen LogP contribution < -0.4 is 15.7 Å². The first-order valence-corrected chi connectivity index (χ1v) is 11.8. The maximum absolute atomic E-state index is 13.3. The second kappa shape index (κ2) is 11.5. The Balaban J connectivity index is 1.80. The lowest BCUT2D eigenvalue weighted by molar-refractivity contribution is -0.135. The van der Waals surface area contributed by atoms with Crippen molar-refractivity contribution in [2.75, 3.05) is 4.90 Å². The Labute approximate surface area is 210 Å². The largest absolute Gasteiger partial charge is 0.344 e. The Morgan fingerprint density at radius 3 is 2.35 bits per heavy atom. The second-order valence-electron chi connectivity index (χ2n) is 7.75. The summed E-state index contributed by atoms with van der Waals surface area (Å²) in [5.74, 6) is -1.64. The molecule has 1 aliphatic heterocycles. The molecule has 3 rings (SSSR count). The molecule has 0 radical (unpaired) electrons. The predicted molar refractivity (Wildman–Crippen MR) is 129 cm³/mol. The van der Waals surface area contributed by atoms with Crippen molar-refractivity contribution in [3.05, 3.63) is 63.6 Å². The van der Waals surface area contributed by atoms with Gasteiger partial charge < -0.3 is 10.2 Å². The molecule has 1 aliphatic rings. The van der Waals surface area contributed by atoms with Gasteiger partial charge in [-0.15, -0.1) is 0 Å². The molecule has 1 heterocycles. The summed E-state index contributed by atoms with van der Waals surface area (Å²) < 4.78 is 0.883. The van der Waals surface area contributed by atoms with Crippen LogP contribution in [0.15, 0.2) is 53.0 Å². The summed E-state index contributed by atoms with van der Waals surface area (Å²) in [6, 6.07) is 11.5. The lowest BCUT2D eigenvalue weighted by Gasteiger charge is -2.22. The first kappa shape index (κ1) is 25.7. The Morgan fingerprint density at radius 1 is 1.12 bits per heavy atom. The van der Waals surface area contributed by atoms with E-state index in [1.807, 2.05) is 24.3 Å². The number of benzene rings is 2. The highest BCUT2D eigenvalue weighted by Crippen LogP contribution is 2.30. The Bertz CT molecular complexity index is 1060. The zero-order chi connectivity index (χ0) is 24.8. The van der Waals surface area contributed by atoms with Crippen molar-refractivity contribution in [1.82, 2.24) is 15.7 Å². The molecule has 0 saturated carbocycles. The minimum Gasteiger partial charge on any atom is -0.344 e. The summed E-state index contributed by atoms with van der Waals surface area (Å²) in [4.78, 5) is 53.2. The van der Waals surface area contributed by atoms with Crippen molar-refractivity contribution >= 4 is 57.0 Å². The smallest absolute Gasteiger partial charge is 0.332 e. The molecular weight excluding hydrogens is 528 g/mol. The highest BCUT2D eigenvalue weighted by Gasteiger charge is 2.45. The van der Waals surface area contributed by atoms with Gasteiger partial charge in [-0.2, -0.15) is 0 Å². The van der Waals surface area contributed by atoms with Crippen LogP contribution >= 0.6 is 27.5 Å². The molecule has 1 saturated heterocycles. The minimum absolute atomic E-state index is 0.0637. The third kappa shape index (κ3) is 5.94. The monoisotopic (exact) mass is 550 g/mol. The molecule has 0 aromatic heterocycles. The molecule has 9 nitrogen and oxygen atoms in total. The van der Waals surface area contributed by atoms with Gasteiger partial charge in [0.25, 0.3) is 11.8 Å². The quantitative estimate of drug-likeness (QED) is 0.250. The number of carbonyl (C=O) groups excluding carboxylic acids is 4. The standard InChI is InChI=1S/C23H24BrClN4O5/c1-2-18(21(31)27-34)26-20(30)12-11-19-22(32)29(17-9-7-16(25)8-10-17)23(33)28(19)13-14-3-5-15(24)6-4-14/h3-10,18-19,34H,2,11-13H2,1H3,(H,26,30)(H,27,31). The van der Waals surface area contributed by atoms with E-state index in [0.717, 1.165) is 14.9 Å². The van der Waals surface area contributed by atoms with Gasteiger partial charge in [0, 0.05) is 22.5 Å². The van der Waals surface area contributed by atoms with E-state index in [1.54, 1.807) is 31.2 Å². The number of urea groups is 1. The maximum atomic E-state index is 13.3. The topological polar surface area (TPSA) is 119 Å². The first-order valence-electron chi connectivity index (χ1n) is 10.6. The molecule has 11 heteroatoms. The zero-order valence-electron chi connectivity index (χ0n) is 18.3. The summed E-state index contributed by atoms with van der Waals surface area (Å²) in [5.41, 5.74) is 2.73. The summed E-state index contributed by atoms with van der Waals surface area (Å²) in [7, 11) is 0. The first-order chi connectivity index (χ1) is 16.2. The van der Waals surface area contributed by atoms with Crippen molar-refractivity contribution in [1.29, 1.82) is 0 Å². The van der Waals surface area contributed by atoms with Gasteiger partial charge in [0.15, 0.2) is 0 Å². The summed E-state index contributed by atoms with van der Waals surface area (Å²) >= 11 is 9.32. The fourth-order valence-corrected chi connectivity index (χ4v) is 4.07. The van der Waals surface area contributed by atoms with Crippen LogP contribution in [0.5, 0.6) is 0 Å². The Hall–Kier alpha value is -2.95. The van der Waals surface area contributed by atoms with E-state index in [4.69, 9.17) is 16.8 Å². The van der Waals surface area contributed by atoms with Crippen molar-refractivity contribution in [2.45, 2.75) is 44.8 Å². The van der Waals surface area contributed by atoms with Gasteiger partial charge in [-0.1, -0.05) is 46.6 Å². The molecule has 0 spiro atoms. The van der Waals surface area contributed by atoms with Crippen molar-refractivity contribution in [2.24, 2.45) is 0 Å². The van der Waals surface area contributed by atoms with Crippen LogP contribution in [0, 0.1) is 0 Å². The van der Waals surface area contributed by atoms with E-state index in [2.05, 4.69) is 21.2 Å². The molecule has 180 valence electrons. The van der Waals surface area contributed by atoms with Gasteiger partial charge >= 0.3 is 6.03 Å². The number of hydroxylamine groups is 1. The molecule has 2 atom stereocenters. The van der Waals surface area contributed by atoms with Crippen LogP contribution in [0.2, 0.25) is 5.02 Å². The summed E-state index contributed by atoms with van der Waals surface area (Å²) in [6.45, 7) is 1.86. The van der Waals surface area contributed by atoms with E-state index in [0.29, 0.717) is 10.7 Å². The van der Waals surface area contributed by atoms with Gasteiger partial charge in [0.2, 0.25) is 5.91 Å². The average molecular weight is 552 g/mol. The SMILES string of the molecule is CCC(NC(=O)CCC1C(=O)N(c2ccc(Cl)cc2)C(=O)N1Cc1ccc(Br)cc1)C(=O)NO. The van der Waals surface area contributed by atoms with Crippen molar-refractivity contribution < 1.29 is 24.4 Å². The predicted octanol–water partition coefficient (Wildman–Crippen LogP) is 3.62. The highest BCUT2D eigenvalue weighted by molar-refractivity contribution is 9.10. The zero-order valence-corrected chi connectivity index (χ0v) is 20.7. The number of amides is 5. The van der Waals surface area contributed by atoms with E-state index >= 15 is 0 Å². The number of anilines is 1. The van der Waals surface area contributed by atoms with Crippen molar-refractivity contribution in [3.63, 3.8) is 0 Å². The Morgan fingerprint density at radius 2 is 1.76 bits per heavy atom. The van der Waals surface area contributed by atoms with Gasteiger partial charge in [-0.3, -0.25) is 19.6 Å². The number of imide groups is 1. The van der Waals surface area contributed by atoms with Gasteiger partial charge in [-0.25, -0.2) is 15.2 Å². The van der Waals surface area contributed by atoms with Gasteiger partial charge in [-0.05, 0) is 54.8 Å². The number of hydrogen-bond donors (Lipinski definition) is 3. The molecule has 2 unspecified atom stereocenters. The van der Waals surface area contributed by atoms with E-state index in [-0.39, 0.29) is 25.8 Å². The normalized spacial score (nSPS) is 16.5. The van der Waals surface area contributed by atoms with Crippen LogP contribution in [0.1, 0.15) is 31.7 Å². The highest BCUT2D eigenvalue weighted by atomic mass is 79.9. The number of nitrogens with one attached hydrogen (secondary N) is 2. The van der Waals surface area contributed by atoms with E-state index in [1.165, 1.54) is 10.4 Å². The maximum Gasteiger partial charge on any atom is 0.332 e. The lowest BCUT2D eigenvalue weighted by atomic mass is 10.1. The molecule has 0 bridgehead atoms. The van der Waals surface area contributed by atoms with Crippen LogP contribution in [0.3, 0.4) is 0 Å². The fraction of sp³-hybridized carbons (Fsp3) is 0.304. The van der Waals surface area contributed by atoms with Crippen LogP contribution in [0.4, 0.5) is 10.5 Å². The number of halogens is 2. The summed E-state index contributed by atoms with van der Waals surface area (Å²) in [5, 5.41) is 11.8.